The number of hydrogen-bond acceptors (Lipinski definition) is 3. The van der Waals surface area contributed by atoms with Crippen LogP contribution in [-0.2, 0) is 14.3 Å². The molecule has 0 heterocycles. The minimum Gasteiger partial charge on any atom is -0.480 e. The third-order valence-electron chi connectivity index (χ3n) is 1.95. The van der Waals surface area contributed by atoms with E-state index in [2.05, 4.69) is 0 Å². The molecule has 0 aliphatic carbocycles. The first-order valence-corrected chi connectivity index (χ1v) is 4.39. The highest BCUT2D eigenvalue weighted by Gasteiger charge is 2.41. The molecule has 4 nitrogen and oxygen atoms in total. The Balaban J connectivity index is 4.57. The zero-order valence-corrected chi connectivity index (χ0v) is 8.29. The highest BCUT2D eigenvalue weighted by atomic mass is 16.5. The molecule has 13 heavy (non-hydrogen) atoms. The molecule has 0 aliphatic heterocycles. The van der Waals surface area contributed by atoms with Crippen LogP contribution in [0.1, 0.15) is 33.6 Å². The van der Waals surface area contributed by atoms with Crippen molar-refractivity contribution in [1.82, 2.24) is 0 Å². The molecule has 0 fully saturated rings. The minimum atomic E-state index is -1.38. The summed E-state index contributed by atoms with van der Waals surface area (Å²) in [6.07, 6.45) is 0.947. The van der Waals surface area contributed by atoms with Gasteiger partial charge in [0.05, 0.1) is 6.61 Å². The fourth-order valence-corrected chi connectivity index (χ4v) is 1.09. The van der Waals surface area contributed by atoms with Crippen molar-refractivity contribution >= 4 is 11.9 Å². The monoisotopic (exact) mass is 188 g/mol. The summed E-state index contributed by atoms with van der Waals surface area (Å²) in [6, 6.07) is 0. The van der Waals surface area contributed by atoms with E-state index in [-0.39, 0.29) is 6.61 Å². The molecule has 0 aromatic heterocycles. The van der Waals surface area contributed by atoms with E-state index in [0.717, 1.165) is 0 Å². The van der Waals surface area contributed by atoms with Crippen LogP contribution in [-0.4, -0.2) is 23.7 Å². The average molecular weight is 188 g/mol. The molecule has 0 bridgehead atoms. The normalized spacial score (nSPS) is 14.7. The molecule has 0 radical (unpaired) electrons. The van der Waals surface area contributed by atoms with Gasteiger partial charge in [-0.15, -0.1) is 0 Å². The zero-order chi connectivity index (χ0) is 10.5. The van der Waals surface area contributed by atoms with E-state index in [1.165, 1.54) is 6.92 Å². The first kappa shape index (κ1) is 11.9. The molecule has 0 unspecified atom stereocenters. The molecule has 0 rings (SSSR count). The highest BCUT2D eigenvalue weighted by Crippen LogP contribution is 2.25. The van der Waals surface area contributed by atoms with Crippen LogP contribution in [0.4, 0.5) is 0 Å². The van der Waals surface area contributed by atoms with Crippen molar-refractivity contribution in [2.75, 3.05) is 6.61 Å². The van der Waals surface area contributed by atoms with E-state index in [9.17, 15) is 9.59 Å². The van der Waals surface area contributed by atoms with Gasteiger partial charge in [-0.25, -0.2) is 0 Å². The smallest absolute Gasteiger partial charge is 0.323 e. The third-order valence-corrected chi connectivity index (χ3v) is 1.95. The molecule has 0 spiro atoms. The third kappa shape index (κ3) is 2.72. The maximum Gasteiger partial charge on any atom is 0.323 e. The quantitative estimate of drug-likeness (QED) is 0.523. The van der Waals surface area contributed by atoms with Gasteiger partial charge in [-0.2, -0.15) is 0 Å². The second-order valence-corrected chi connectivity index (χ2v) is 3.11. The predicted octanol–water partition coefficient (Wildman–Crippen LogP) is 1.44. The van der Waals surface area contributed by atoms with Crippen LogP contribution in [0.2, 0.25) is 0 Å². The van der Waals surface area contributed by atoms with Crippen LogP contribution in [0, 0.1) is 5.41 Å². The number of carbonyl (C=O) groups excluding carboxylic acids is 1. The van der Waals surface area contributed by atoms with Crippen molar-refractivity contribution in [1.29, 1.82) is 0 Å². The van der Waals surface area contributed by atoms with Gasteiger partial charge >= 0.3 is 11.9 Å². The fourth-order valence-electron chi connectivity index (χ4n) is 1.09. The van der Waals surface area contributed by atoms with Crippen LogP contribution in [0.3, 0.4) is 0 Å². The van der Waals surface area contributed by atoms with Crippen LogP contribution >= 0.6 is 0 Å². The van der Waals surface area contributed by atoms with Gasteiger partial charge in [-0.3, -0.25) is 9.59 Å². The molecular weight excluding hydrogens is 172 g/mol. The minimum absolute atomic E-state index is 0.214. The molecule has 1 N–H and O–H groups in total. The topological polar surface area (TPSA) is 63.6 Å². The molecule has 0 aromatic rings. The standard InChI is InChI=1S/C9H16O4/c1-4-6-9(3,7(10)11)8(12)13-5-2/h4-6H2,1-3H3,(H,10,11)/t9-/m1/s1. The summed E-state index contributed by atoms with van der Waals surface area (Å²) in [4.78, 5) is 22.1. The predicted molar refractivity (Wildman–Crippen MR) is 47.3 cm³/mol. The summed E-state index contributed by atoms with van der Waals surface area (Å²) in [5.74, 6) is -1.77. The summed E-state index contributed by atoms with van der Waals surface area (Å²) in [7, 11) is 0. The number of carboxylic acids is 1. The molecular formula is C9H16O4. The maximum atomic E-state index is 11.3. The van der Waals surface area contributed by atoms with Gasteiger partial charge in [-0.1, -0.05) is 13.3 Å². The summed E-state index contributed by atoms with van der Waals surface area (Å²) in [5.41, 5.74) is -1.38. The summed E-state index contributed by atoms with van der Waals surface area (Å²) >= 11 is 0. The lowest BCUT2D eigenvalue weighted by atomic mass is 9.86. The van der Waals surface area contributed by atoms with Crippen LogP contribution < -0.4 is 0 Å². The molecule has 76 valence electrons. The first-order valence-electron chi connectivity index (χ1n) is 4.39. The van der Waals surface area contributed by atoms with Gasteiger partial charge in [0, 0.05) is 0 Å². The number of carbonyl (C=O) groups is 2. The van der Waals surface area contributed by atoms with Gasteiger partial charge in [0.2, 0.25) is 0 Å². The summed E-state index contributed by atoms with van der Waals surface area (Å²) in [5, 5.41) is 8.86. The second kappa shape index (κ2) is 4.84. The van der Waals surface area contributed by atoms with Gasteiger partial charge in [0.25, 0.3) is 0 Å². The Morgan fingerprint density at radius 2 is 1.92 bits per heavy atom. The molecule has 0 saturated heterocycles. The van der Waals surface area contributed by atoms with E-state index in [4.69, 9.17) is 9.84 Å². The van der Waals surface area contributed by atoms with Crippen molar-refractivity contribution in [3.8, 4) is 0 Å². The zero-order valence-electron chi connectivity index (χ0n) is 8.29. The van der Waals surface area contributed by atoms with Gasteiger partial charge in [0.1, 0.15) is 0 Å². The van der Waals surface area contributed by atoms with Crippen molar-refractivity contribution < 1.29 is 19.4 Å². The first-order chi connectivity index (χ1) is 5.99. The Labute approximate surface area is 77.9 Å². The number of esters is 1. The van der Waals surface area contributed by atoms with Crippen LogP contribution in [0.15, 0.2) is 0 Å². The Bertz CT molecular complexity index is 200. The number of aliphatic carboxylic acids is 1. The molecule has 0 aliphatic rings. The van der Waals surface area contributed by atoms with Gasteiger partial charge < -0.3 is 9.84 Å². The van der Waals surface area contributed by atoms with Crippen molar-refractivity contribution in [2.45, 2.75) is 33.6 Å². The second-order valence-electron chi connectivity index (χ2n) is 3.11. The van der Waals surface area contributed by atoms with E-state index in [1.807, 2.05) is 6.92 Å². The van der Waals surface area contributed by atoms with Crippen molar-refractivity contribution in [3.63, 3.8) is 0 Å². The molecule has 4 heteroatoms. The van der Waals surface area contributed by atoms with E-state index >= 15 is 0 Å². The van der Waals surface area contributed by atoms with E-state index in [1.54, 1.807) is 6.92 Å². The highest BCUT2D eigenvalue weighted by molar-refractivity contribution is 5.98. The summed E-state index contributed by atoms with van der Waals surface area (Å²) < 4.78 is 4.70. The lowest BCUT2D eigenvalue weighted by Gasteiger charge is -2.21. The molecule has 0 amide bonds. The summed E-state index contributed by atoms with van der Waals surface area (Å²) in [6.45, 7) is 5.11. The fraction of sp³-hybridized carbons (Fsp3) is 0.778. The average Bonchev–Trinajstić information content (AvgIpc) is 2.04. The van der Waals surface area contributed by atoms with E-state index < -0.39 is 17.4 Å². The van der Waals surface area contributed by atoms with Crippen molar-refractivity contribution in [2.24, 2.45) is 5.41 Å². The Hall–Kier alpha value is -1.06. The molecule has 0 saturated carbocycles. The Morgan fingerprint density at radius 3 is 2.23 bits per heavy atom. The van der Waals surface area contributed by atoms with Crippen LogP contribution in [0.5, 0.6) is 0 Å². The lowest BCUT2D eigenvalue weighted by molar-refractivity contribution is -0.167. The maximum absolute atomic E-state index is 11.3. The Kier molecular flexibility index (Phi) is 4.45. The van der Waals surface area contributed by atoms with Gasteiger partial charge in [-0.05, 0) is 20.3 Å². The van der Waals surface area contributed by atoms with Crippen molar-refractivity contribution in [3.05, 3.63) is 0 Å². The molecule has 1 atom stereocenters. The largest absolute Gasteiger partial charge is 0.480 e. The van der Waals surface area contributed by atoms with Crippen LogP contribution in [0.25, 0.3) is 0 Å². The SMILES string of the molecule is CCC[C@](C)(C(=O)O)C(=O)OCC. The number of hydrogen-bond donors (Lipinski definition) is 1. The van der Waals surface area contributed by atoms with Gasteiger partial charge in [0.15, 0.2) is 5.41 Å². The number of ether oxygens (including phenoxy) is 1. The number of carboxylic acid groups (broad SMARTS) is 1. The molecule has 0 aromatic carbocycles. The van der Waals surface area contributed by atoms with E-state index in [0.29, 0.717) is 12.8 Å². The Morgan fingerprint density at radius 1 is 1.38 bits per heavy atom. The number of rotatable bonds is 5. The lowest BCUT2D eigenvalue weighted by Crippen LogP contribution is -2.37.